The Morgan fingerprint density at radius 2 is 1.75 bits per heavy atom. The molecule has 0 fully saturated rings. The van der Waals surface area contributed by atoms with E-state index in [1.54, 1.807) is 14.2 Å². The molecule has 0 amide bonds. The third kappa shape index (κ3) is 7.60. The highest BCUT2D eigenvalue weighted by Crippen LogP contribution is 2.04. The van der Waals surface area contributed by atoms with Gasteiger partial charge in [0.2, 0.25) is 0 Å². The second kappa shape index (κ2) is 10.8. The molecule has 0 aliphatic rings. The monoisotopic (exact) mass is 280 g/mol. The second-order valence-electron chi connectivity index (χ2n) is 5.09. The van der Waals surface area contributed by atoms with Crippen molar-refractivity contribution in [3.05, 3.63) is 35.9 Å². The molecule has 0 spiro atoms. The summed E-state index contributed by atoms with van der Waals surface area (Å²) in [5.74, 6) is 0. The Kier molecular flexibility index (Phi) is 9.24. The standard InChI is InChI=1S/C16H28N2O2/c1-19-11-6-9-18(10-12-20-2)14-16(17)13-15-7-4-3-5-8-15/h3-5,7-8,16H,6,9-14,17H2,1-2H3. The Bertz CT molecular complexity index is 333. The highest BCUT2D eigenvalue weighted by molar-refractivity contribution is 5.15. The molecule has 1 aromatic rings. The van der Waals surface area contributed by atoms with Crippen LogP contribution in [0.5, 0.6) is 0 Å². The molecule has 1 atom stereocenters. The minimum absolute atomic E-state index is 0.150. The first-order chi connectivity index (χ1) is 9.76. The average molecular weight is 280 g/mol. The first-order valence-electron chi connectivity index (χ1n) is 7.26. The number of benzene rings is 1. The maximum Gasteiger partial charge on any atom is 0.0589 e. The minimum Gasteiger partial charge on any atom is -0.385 e. The van der Waals surface area contributed by atoms with E-state index in [0.717, 1.165) is 45.7 Å². The minimum atomic E-state index is 0.150. The van der Waals surface area contributed by atoms with E-state index in [1.807, 2.05) is 6.07 Å². The predicted molar refractivity (Wildman–Crippen MR) is 82.9 cm³/mol. The number of methoxy groups -OCH3 is 2. The molecule has 4 nitrogen and oxygen atoms in total. The van der Waals surface area contributed by atoms with Crippen molar-refractivity contribution >= 4 is 0 Å². The van der Waals surface area contributed by atoms with Crippen molar-refractivity contribution in [2.45, 2.75) is 18.9 Å². The third-order valence-electron chi connectivity index (χ3n) is 3.27. The topological polar surface area (TPSA) is 47.7 Å². The van der Waals surface area contributed by atoms with Crippen LogP contribution in [0.4, 0.5) is 0 Å². The molecule has 0 aliphatic carbocycles. The van der Waals surface area contributed by atoms with Gasteiger partial charge in [-0.15, -0.1) is 0 Å². The van der Waals surface area contributed by atoms with Crippen LogP contribution < -0.4 is 5.73 Å². The van der Waals surface area contributed by atoms with E-state index in [4.69, 9.17) is 15.2 Å². The molecular formula is C16H28N2O2. The summed E-state index contributed by atoms with van der Waals surface area (Å²) in [5, 5.41) is 0. The Hall–Kier alpha value is -0.940. The lowest BCUT2D eigenvalue weighted by Crippen LogP contribution is -2.41. The van der Waals surface area contributed by atoms with Gasteiger partial charge in [-0.3, -0.25) is 4.90 Å². The maximum atomic E-state index is 6.27. The van der Waals surface area contributed by atoms with Gasteiger partial charge < -0.3 is 15.2 Å². The smallest absolute Gasteiger partial charge is 0.0589 e. The van der Waals surface area contributed by atoms with Crippen molar-refractivity contribution in [2.24, 2.45) is 5.73 Å². The molecule has 2 N–H and O–H groups in total. The van der Waals surface area contributed by atoms with Crippen molar-refractivity contribution in [2.75, 3.05) is 47.1 Å². The predicted octanol–water partition coefficient (Wildman–Crippen LogP) is 1.54. The summed E-state index contributed by atoms with van der Waals surface area (Å²) >= 11 is 0. The zero-order chi connectivity index (χ0) is 14.6. The molecule has 4 heteroatoms. The molecule has 0 aromatic heterocycles. The fraction of sp³-hybridized carbons (Fsp3) is 0.625. The summed E-state index contributed by atoms with van der Waals surface area (Å²) in [5.41, 5.74) is 7.56. The van der Waals surface area contributed by atoms with Gasteiger partial charge in [0, 0.05) is 46.5 Å². The fourth-order valence-corrected chi connectivity index (χ4v) is 2.26. The number of rotatable bonds is 11. The van der Waals surface area contributed by atoms with Crippen LogP contribution in [0.1, 0.15) is 12.0 Å². The largest absolute Gasteiger partial charge is 0.385 e. The number of nitrogens with zero attached hydrogens (tertiary/aromatic N) is 1. The molecule has 1 rings (SSSR count). The van der Waals surface area contributed by atoms with Crippen molar-refractivity contribution in [3.63, 3.8) is 0 Å². The Labute approximate surface area is 122 Å². The molecule has 0 aliphatic heterocycles. The molecule has 1 aromatic carbocycles. The molecule has 0 bridgehead atoms. The lowest BCUT2D eigenvalue weighted by molar-refractivity contribution is 0.129. The van der Waals surface area contributed by atoms with E-state index in [2.05, 4.69) is 29.2 Å². The van der Waals surface area contributed by atoms with Crippen LogP contribution in [0.2, 0.25) is 0 Å². The van der Waals surface area contributed by atoms with Gasteiger partial charge in [-0.25, -0.2) is 0 Å². The van der Waals surface area contributed by atoms with Crippen LogP contribution in [-0.4, -0.2) is 58.0 Å². The summed E-state index contributed by atoms with van der Waals surface area (Å²) in [7, 11) is 3.47. The van der Waals surface area contributed by atoms with Crippen LogP contribution in [0.25, 0.3) is 0 Å². The highest BCUT2D eigenvalue weighted by atomic mass is 16.5. The van der Waals surface area contributed by atoms with Crippen molar-refractivity contribution < 1.29 is 9.47 Å². The van der Waals surface area contributed by atoms with Gasteiger partial charge in [-0.2, -0.15) is 0 Å². The van der Waals surface area contributed by atoms with Gasteiger partial charge in [-0.1, -0.05) is 30.3 Å². The van der Waals surface area contributed by atoms with E-state index >= 15 is 0 Å². The van der Waals surface area contributed by atoms with Crippen LogP contribution in [0.3, 0.4) is 0 Å². The van der Waals surface area contributed by atoms with E-state index < -0.39 is 0 Å². The van der Waals surface area contributed by atoms with Crippen LogP contribution in [0, 0.1) is 0 Å². The normalized spacial score (nSPS) is 12.8. The van der Waals surface area contributed by atoms with Gasteiger partial charge in [-0.05, 0) is 18.4 Å². The van der Waals surface area contributed by atoms with E-state index in [9.17, 15) is 0 Å². The van der Waals surface area contributed by atoms with Gasteiger partial charge >= 0.3 is 0 Å². The Morgan fingerprint density at radius 1 is 1.05 bits per heavy atom. The molecule has 0 saturated carbocycles. The summed E-state index contributed by atoms with van der Waals surface area (Å²) in [6.45, 7) is 4.34. The molecule has 114 valence electrons. The zero-order valence-corrected chi connectivity index (χ0v) is 12.8. The first kappa shape index (κ1) is 17.1. The van der Waals surface area contributed by atoms with E-state index in [1.165, 1.54) is 5.56 Å². The fourth-order valence-electron chi connectivity index (χ4n) is 2.26. The molecule has 0 radical (unpaired) electrons. The lowest BCUT2D eigenvalue weighted by Gasteiger charge is -2.25. The van der Waals surface area contributed by atoms with E-state index in [0.29, 0.717) is 0 Å². The van der Waals surface area contributed by atoms with Crippen LogP contribution in [0.15, 0.2) is 30.3 Å². The van der Waals surface area contributed by atoms with Gasteiger partial charge in [0.15, 0.2) is 0 Å². The van der Waals surface area contributed by atoms with Crippen molar-refractivity contribution in [1.29, 1.82) is 0 Å². The molecule has 0 heterocycles. The van der Waals surface area contributed by atoms with Crippen LogP contribution >= 0.6 is 0 Å². The van der Waals surface area contributed by atoms with Gasteiger partial charge in [0.25, 0.3) is 0 Å². The summed E-state index contributed by atoms with van der Waals surface area (Å²) < 4.78 is 10.3. The Balaban J connectivity index is 2.37. The second-order valence-corrected chi connectivity index (χ2v) is 5.09. The van der Waals surface area contributed by atoms with E-state index in [-0.39, 0.29) is 6.04 Å². The molecule has 0 saturated heterocycles. The summed E-state index contributed by atoms with van der Waals surface area (Å²) in [4.78, 5) is 2.36. The highest BCUT2D eigenvalue weighted by Gasteiger charge is 2.11. The van der Waals surface area contributed by atoms with Crippen molar-refractivity contribution in [3.8, 4) is 0 Å². The quantitative estimate of drug-likeness (QED) is 0.625. The number of hydrogen-bond donors (Lipinski definition) is 1. The maximum absolute atomic E-state index is 6.27. The number of ether oxygens (including phenoxy) is 2. The average Bonchev–Trinajstić information content (AvgIpc) is 2.45. The van der Waals surface area contributed by atoms with Crippen molar-refractivity contribution in [1.82, 2.24) is 4.90 Å². The molecular weight excluding hydrogens is 252 g/mol. The Morgan fingerprint density at radius 3 is 2.40 bits per heavy atom. The molecule has 1 unspecified atom stereocenters. The number of hydrogen-bond acceptors (Lipinski definition) is 4. The SMILES string of the molecule is COCCCN(CCOC)CC(N)Cc1ccccc1. The van der Waals surface area contributed by atoms with Gasteiger partial charge in [0.1, 0.15) is 0 Å². The third-order valence-corrected chi connectivity index (χ3v) is 3.27. The lowest BCUT2D eigenvalue weighted by atomic mass is 10.1. The molecule has 20 heavy (non-hydrogen) atoms. The van der Waals surface area contributed by atoms with Crippen LogP contribution in [-0.2, 0) is 15.9 Å². The first-order valence-corrected chi connectivity index (χ1v) is 7.26. The number of nitrogens with two attached hydrogens (primary N) is 1. The summed E-state index contributed by atoms with van der Waals surface area (Å²) in [6, 6.07) is 10.6. The summed E-state index contributed by atoms with van der Waals surface area (Å²) in [6.07, 6.45) is 1.94. The van der Waals surface area contributed by atoms with Gasteiger partial charge in [0.05, 0.1) is 6.61 Å². The zero-order valence-electron chi connectivity index (χ0n) is 12.8.